The van der Waals surface area contributed by atoms with E-state index in [0.29, 0.717) is 33.2 Å². The number of carbonyl (C=O) groups is 1. The van der Waals surface area contributed by atoms with Crippen LogP contribution in [0.3, 0.4) is 0 Å². The quantitative estimate of drug-likeness (QED) is 0.217. The van der Waals surface area contributed by atoms with Gasteiger partial charge < -0.3 is 5.32 Å². The first kappa shape index (κ1) is 21.8. The van der Waals surface area contributed by atoms with Crippen molar-refractivity contribution in [1.29, 1.82) is 0 Å². The van der Waals surface area contributed by atoms with Crippen molar-refractivity contribution in [3.63, 3.8) is 0 Å². The number of rotatable bonds is 4. The molecule has 4 aromatic rings. The molecule has 1 aromatic carbocycles. The van der Waals surface area contributed by atoms with Gasteiger partial charge in [-0.2, -0.15) is 13.2 Å². The molecule has 0 atom stereocenters. The third-order valence-electron chi connectivity index (χ3n) is 4.36. The molecular formula is C19H10F4N4O3S2. The topological polar surface area (TPSA) is 98.0 Å². The number of anilines is 1. The number of aromatic nitrogens is 2. The van der Waals surface area contributed by atoms with Crippen molar-refractivity contribution in [1.82, 2.24) is 9.97 Å². The number of nitrogens with zero attached hydrogens (tertiary/aromatic N) is 3. The molecule has 4 rings (SSSR count). The lowest BCUT2D eigenvalue weighted by atomic mass is 10.1. The molecule has 0 aliphatic rings. The van der Waals surface area contributed by atoms with Crippen molar-refractivity contribution in [3.8, 4) is 11.4 Å². The first-order valence-corrected chi connectivity index (χ1v) is 10.4. The molecule has 1 amide bonds. The zero-order valence-corrected chi connectivity index (χ0v) is 17.5. The van der Waals surface area contributed by atoms with Crippen LogP contribution in [0.5, 0.6) is 0 Å². The van der Waals surface area contributed by atoms with Gasteiger partial charge in [0.05, 0.1) is 31.1 Å². The van der Waals surface area contributed by atoms with Gasteiger partial charge >= 0.3 is 11.2 Å². The molecule has 1 N–H and O–H groups in total. The van der Waals surface area contributed by atoms with Gasteiger partial charge in [0.25, 0.3) is 5.91 Å². The minimum Gasteiger partial charge on any atom is -0.305 e. The zero-order valence-electron chi connectivity index (χ0n) is 15.9. The van der Waals surface area contributed by atoms with Gasteiger partial charge in [0.15, 0.2) is 11.6 Å². The maximum Gasteiger partial charge on any atom is 0.416 e. The number of thiophene rings is 2. The van der Waals surface area contributed by atoms with Crippen LogP contribution in [0, 0.1) is 22.9 Å². The molecule has 0 bridgehead atoms. The summed E-state index contributed by atoms with van der Waals surface area (Å²) in [4.78, 5) is 31.3. The Morgan fingerprint density at radius 2 is 1.94 bits per heavy atom. The summed E-state index contributed by atoms with van der Waals surface area (Å²) >= 11 is 1.88. The molecule has 0 fully saturated rings. The number of nitro groups is 1. The van der Waals surface area contributed by atoms with Crippen LogP contribution in [0.25, 0.3) is 21.6 Å². The highest BCUT2D eigenvalue weighted by atomic mass is 32.1. The van der Waals surface area contributed by atoms with Gasteiger partial charge in [0, 0.05) is 6.07 Å². The molecule has 0 unspecified atom stereocenters. The van der Waals surface area contributed by atoms with Crippen LogP contribution in [0.4, 0.5) is 28.4 Å². The van der Waals surface area contributed by atoms with Gasteiger partial charge in [-0.05, 0) is 42.1 Å². The number of benzene rings is 1. The number of nitrogens with one attached hydrogen (secondary N) is 1. The summed E-state index contributed by atoms with van der Waals surface area (Å²) in [7, 11) is 0. The molecular weight excluding hydrogens is 472 g/mol. The molecule has 32 heavy (non-hydrogen) atoms. The fourth-order valence-electron chi connectivity index (χ4n) is 2.83. The summed E-state index contributed by atoms with van der Waals surface area (Å²) in [5.74, 6) is -2.03. The Labute approximate surface area is 184 Å². The van der Waals surface area contributed by atoms with Crippen LogP contribution in [-0.4, -0.2) is 20.8 Å². The highest BCUT2D eigenvalue weighted by molar-refractivity contribution is 7.18. The molecule has 0 saturated heterocycles. The normalized spacial score (nSPS) is 11.7. The highest BCUT2D eigenvalue weighted by Crippen LogP contribution is 2.35. The molecule has 0 aliphatic heterocycles. The summed E-state index contributed by atoms with van der Waals surface area (Å²) in [5.41, 5.74) is -0.331. The van der Waals surface area contributed by atoms with Gasteiger partial charge in [0.2, 0.25) is 0 Å². The number of alkyl halides is 3. The second-order valence-corrected chi connectivity index (χ2v) is 8.48. The van der Waals surface area contributed by atoms with E-state index in [2.05, 4.69) is 15.3 Å². The van der Waals surface area contributed by atoms with Crippen LogP contribution >= 0.6 is 22.7 Å². The van der Waals surface area contributed by atoms with Gasteiger partial charge in [-0.25, -0.2) is 14.4 Å². The van der Waals surface area contributed by atoms with E-state index in [1.807, 2.05) is 0 Å². The molecule has 0 radical (unpaired) electrons. The summed E-state index contributed by atoms with van der Waals surface area (Å²) in [5, 5.41) is 14.9. The lowest BCUT2D eigenvalue weighted by Gasteiger charge is -2.10. The fraction of sp³-hybridized carbons (Fsp3) is 0.105. The third kappa shape index (κ3) is 4.03. The standard InChI is InChI=1S/C19H10F4N4O3S2/c1-8-7-31-15-14(8)24-16(10-3-2-9(6-11(10)20)19(21,22)23)25-17(15)26-18(28)12-4-5-13(32-12)27(29)30/h2-7H,1H3,(H,24,25,26,28). The van der Waals surface area contributed by atoms with Crippen molar-refractivity contribution >= 4 is 49.6 Å². The molecule has 0 spiro atoms. The van der Waals surface area contributed by atoms with Gasteiger partial charge in [-0.3, -0.25) is 14.9 Å². The minimum atomic E-state index is -4.71. The van der Waals surface area contributed by atoms with E-state index in [1.165, 1.54) is 23.5 Å². The molecule has 13 heteroatoms. The maximum absolute atomic E-state index is 14.5. The Morgan fingerprint density at radius 3 is 2.56 bits per heavy atom. The zero-order chi connectivity index (χ0) is 23.2. The highest BCUT2D eigenvalue weighted by Gasteiger charge is 2.31. The predicted molar refractivity (Wildman–Crippen MR) is 111 cm³/mol. The van der Waals surface area contributed by atoms with Crippen LogP contribution in [0.1, 0.15) is 20.8 Å². The number of fused-ring (bicyclic) bond motifs is 1. The Morgan fingerprint density at radius 1 is 1.19 bits per heavy atom. The third-order valence-corrected chi connectivity index (χ3v) is 6.49. The van der Waals surface area contributed by atoms with Gasteiger partial charge in [-0.1, -0.05) is 11.3 Å². The molecule has 3 heterocycles. The Hall–Kier alpha value is -3.45. The molecule has 164 valence electrons. The Bertz CT molecular complexity index is 1380. The number of amides is 1. The Balaban J connectivity index is 1.77. The smallest absolute Gasteiger partial charge is 0.305 e. The fourth-order valence-corrected chi connectivity index (χ4v) is 4.48. The van der Waals surface area contributed by atoms with Gasteiger partial charge in [0.1, 0.15) is 5.82 Å². The maximum atomic E-state index is 14.5. The Kier molecular flexibility index (Phi) is 5.38. The largest absolute Gasteiger partial charge is 0.416 e. The van der Waals surface area contributed by atoms with E-state index in [0.717, 1.165) is 12.1 Å². The first-order valence-electron chi connectivity index (χ1n) is 8.73. The number of halogens is 4. The van der Waals surface area contributed by atoms with E-state index in [-0.39, 0.29) is 27.1 Å². The number of aryl methyl sites for hydroxylation is 1. The van der Waals surface area contributed by atoms with Crippen molar-refractivity contribution in [2.24, 2.45) is 0 Å². The average Bonchev–Trinajstić information content (AvgIpc) is 3.35. The molecule has 0 saturated carbocycles. The van der Waals surface area contributed by atoms with Crippen LogP contribution in [-0.2, 0) is 6.18 Å². The van der Waals surface area contributed by atoms with E-state index in [1.54, 1.807) is 12.3 Å². The van der Waals surface area contributed by atoms with E-state index >= 15 is 0 Å². The van der Waals surface area contributed by atoms with E-state index in [4.69, 9.17) is 0 Å². The number of hydrogen-bond donors (Lipinski definition) is 1. The number of hydrogen-bond acceptors (Lipinski definition) is 7. The van der Waals surface area contributed by atoms with Gasteiger partial charge in [-0.15, -0.1) is 11.3 Å². The minimum absolute atomic E-state index is 0.0171. The molecule has 7 nitrogen and oxygen atoms in total. The van der Waals surface area contributed by atoms with Crippen molar-refractivity contribution < 1.29 is 27.3 Å². The molecule has 3 aromatic heterocycles. The number of carbonyl (C=O) groups excluding carboxylic acids is 1. The molecule has 0 aliphatic carbocycles. The van der Waals surface area contributed by atoms with Crippen molar-refractivity contribution in [2.45, 2.75) is 13.1 Å². The second kappa shape index (κ2) is 7.91. The van der Waals surface area contributed by atoms with Crippen molar-refractivity contribution in [3.05, 3.63) is 67.6 Å². The van der Waals surface area contributed by atoms with Crippen LogP contribution in [0.15, 0.2) is 35.7 Å². The van der Waals surface area contributed by atoms with E-state index < -0.39 is 28.4 Å². The van der Waals surface area contributed by atoms with Crippen LogP contribution in [0.2, 0.25) is 0 Å². The second-order valence-electron chi connectivity index (χ2n) is 6.53. The van der Waals surface area contributed by atoms with E-state index in [9.17, 15) is 32.5 Å². The lowest BCUT2D eigenvalue weighted by Crippen LogP contribution is -2.12. The SMILES string of the molecule is Cc1csc2c(NC(=O)c3ccc([N+](=O)[O-])s3)nc(-c3ccc(C(F)(F)F)cc3F)nc12. The summed E-state index contributed by atoms with van der Waals surface area (Å²) in [6, 6.07) is 4.47. The van der Waals surface area contributed by atoms with Crippen LogP contribution < -0.4 is 5.32 Å². The lowest BCUT2D eigenvalue weighted by molar-refractivity contribution is -0.380. The summed E-state index contributed by atoms with van der Waals surface area (Å²) in [6.45, 7) is 1.73. The summed E-state index contributed by atoms with van der Waals surface area (Å²) < 4.78 is 53.5. The average molecular weight is 482 g/mol. The summed E-state index contributed by atoms with van der Waals surface area (Å²) in [6.07, 6.45) is -4.71. The van der Waals surface area contributed by atoms with Crippen molar-refractivity contribution in [2.75, 3.05) is 5.32 Å². The first-order chi connectivity index (χ1) is 15.0. The predicted octanol–water partition coefficient (Wildman–Crippen LogP) is 6.05. The monoisotopic (exact) mass is 482 g/mol.